The standard InChI is InChI=1S/C7H13N3O/c1-6(2)7(11)10-4-8-3-9-5-10/h8-9H,1,3-5H2,2H3. The quantitative estimate of drug-likeness (QED) is 0.500. The van der Waals surface area contributed by atoms with Crippen LogP contribution in [0.15, 0.2) is 12.2 Å². The van der Waals surface area contributed by atoms with E-state index in [1.165, 1.54) is 0 Å². The van der Waals surface area contributed by atoms with Crippen molar-refractivity contribution in [2.45, 2.75) is 6.92 Å². The molecule has 0 aliphatic carbocycles. The van der Waals surface area contributed by atoms with Gasteiger partial charge in [0.1, 0.15) is 0 Å². The molecule has 1 aliphatic rings. The Morgan fingerprint density at radius 2 is 2.00 bits per heavy atom. The van der Waals surface area contributed by atoms with Crippen molar-refractivity contribution in [2.75, 3.05) is 20.0 Å². The molecule has 1 aliphatic heterocycles. The van der Waals surface area contributed by atoms with E-state index in [0.717, 1.165) is 6.67 Å². The highest BCUT2D eigenvalue weighted by Gasteiger charge is 2.15. The molecule has 4 heteroatoms. The molecule has 1 amide bonds. The molecule has 2 N–H and O–H groups in total. The van der Waals surface area contributed by atoms with Crippen molar-refractivity contribution in [1.82, 2.24) is 15.5 Å². The van der Waals surface area contributed by atoms with Gasteiger partial charge >= 0.3 is 0 Å². The molecule has 0 bridgehead atoms. The van der Waals surface area contributed by atoms with Crippen molar-refractivity contribution >= 4 is 5.91 Å². The Bertz CT molecular complexity index is 173. The van der Waals surface area contributed by atoms with E-state index in [4.69, 9.17) is 0 Å². The van der Waals surface area contributed by atoms with Crippen LogP contribution in [0.1, 0.15) is 6.92 Å². The van der Waals surface area contributed by atoms with E-state index in [1.807, 2.05) is 0 Å². The number of hydrogen-bond acceptors (Lipinski definition) is 3. The minimum absolute atomic E-state index is 0.00435. The number of hydrogen-bond donors (Lipinski definition) is 2. The summed E-state index contributed by atoms with van der Waals surface area (Å²) in [6, 6.07) is 0. The predicted octanol–water partition coefficient (Wildman–Crippen LogP) is -0.544. The summed E-state index contributed by atoms with van der Waals surface area (Å²) in [7, 11) is 0. The van der Waals surface area contributed by atoms with Crippen LogP contribution in [0.3, 0.4) is 0 Å². The molecule has 0 saturated carbocycles. The average Bonchev–Trinajstić information content (AvgIpc) is 2.05. The Morgan fingerprint density at radius 1 is 1.45 bits per heavy atom. The van der Waals surface area contributed by atoms with E-state index >= 15 is 0 Å². The van der Waals surface area contributed by atoms with Crippen LogP contribution in [0.5, 0.6) is 0 Å². The molecule has 0 unspecified atom stereocenters. The Labute approximate surface area is 66.3 Å². The van der Waals surface area contributed by atoms with Crippen LogP contribution in [0.25, 0.3) is 0 Å². The van der Waals surface area contributed by atoms with E-state index < -0.39 is 0 Å². The summed E-state index contributed by atoms with van der Waals surface area (Å²) in [5.74, 6) is 0.00435. The monoisotopic (exact) mass is 155 g/mol. The van der Waals surface area contributed by atoms with Gasteiger partial charge in [-0.1, -0.05) is 6.58 Å². The van der Waals surface area contributed by atoms with Gasteiger partial charge in [0.25, 0.3) is 5.91 Å². The maximum Gasteiger partial charge on any atom is 0.250 e. The van der Waals surface area contributed by atoms with Crippen LogP contribution in [-0.4, -0.2) is 30.8 Å². The smallest absolute Gasteiger partial charge is 0.250 e. The molecule has 0 radical (unpaired) electrons. The number of amides is 1. The van der Waals surface area contributed by atoms with Crippen molar-refractivity contribution in [3.63, 3.8) is 0 Å². The zero-order chi connectivity index (χ0) is 8.27. The van der Waals surface area contributed by atoms with Crippen LogP contribution in [-0.2, 0) is 4.79 Å². The third-order valence-electron chi connectivity index (χ3n) is 1.51. The summed E-state index contributed by atoms with van der Waals surface area (Å²) in [4.78, 5) is 12.9. The second-order valence-corrected chi connectivity index (χ2v) is 2.62. The van der Waals surface area contributed by atoms with E-state index in [-0.39, 0.29) is 5.91 Å². The predicted molar refractivity (Wildman–Crippen MR) is 42.5 cm³/mol. The van der Waals surface area contributed by atoms with E-state index in [1.54, 1.807) is 11.8 Å². The largest absolute Gasteiger partial charge is 0.313 e. The van der Waals surface area contributed by atoms with Crippen molar-refractivity contribution in [3.05, 3.63) is 12.2 Å². The number of carbonyl (C=O) groups excluding carboxylic acids is 1. The lowest BCUT2D eigenvalue weighted by molar-refractivity contribution is -0.128. The topological polar surface area (TPSA) is 44.4 Å². The van der Waals surface area contributed by atoms with Crippen molar-refractivity contribution < 1.29 is 4.79 Å². The minimum Gasteiger partial charge on any atom is -0.313 e. The zero-order valence-electron chi connectivity index (χ0n) is 6.68. The fourth-order valence-corrected chi connectivity index (χ4v) is 0.940. The lowest BCUT2D eigenvalue weighted by Crippen LogP contribution is -2.52. The molecule has 0 aromatic rings. The van der Waals surface area contributed by atoms with Crippen molar-refractivity contribution in [3.8, 4) is 0 Å². The zero-order valence-corrected chi connectivity index (χ0v) is 6.68. The second-order valence-electron chi connectivity index (χ2n) is 2.62. The van der Waals surface area contributed by atoms with Gasteiger partial charge in [-0.05, 0) is 6.92 Å². The molecule has 0 atom stereocenters. The summed E-state index contributed by atoms with van der Waals surface area (Å²) in [6.45, 7) is 7.29. The molecule has 4 nitrogen and oxygen atoms in total. The van der Waals surface area contributed by atoms with Crippen molar-refractivity contribution in [2.24, 2.45) is 0 Å². The minimum atomic E-state index is 0.00435. The molecule has 1 saturated heterocycles. The highest BCUT2D eigenvalue weighted by Crippen LogP contribution is 1.97. The molecule has 1 rings (SSSR count). The molecule has 1 fully saturated rings. The summed E-state index contributed by atoms with van der Waals surface area (Å²) in [6.07, 6.45) is 0. The third kappa shape index (κ3) is 2.03. The third-order valence-corrected chi connectivity index (χ3v) is 1.51. The summed E-state index contributed by atoms with van der Waals surface area (Å²) < 4.78 is 0. The van der Waals surface area contributed by atoms with Crippen molar-refractivity contribution in [1.29, 1.82) is 0 Å². The SMILES string of the molecule is C=C(C)C(=O)N1CNCNC1. The molecular weight excluding hydrogens is 142 g/mol. The Kier molecular flexibility index (Phi) is 2.62. The van der Waals surface area contributed by atoms with Gasteiger partial charge < -0.3 is 4.90 Å². The van der Waals surface area contributed by atoms with Crippen LogP contribution in [0.4, 0.5) is 0 Å². The average molecular weight is 155 g/mol. The summed E-state index contributed by atoms with van der Waals surface area (Å²) >= 11 is 0. The summed E-state index contributed by atoms with van der Waals surface area (Å²) in [5, 5.41) is 6.05. The van der Waals surface area contributed by atoms with E-state index in [9.17, 15) is 4.79 Å². The molecule has 0 aromatic heterocycles. The number of nitrogens with one attached hydrogen (secondary N) is 2. The maximum atomic E-state index is 11.2. The molecule has 0 spiro atoms. The van der Waals surface area contributed by atoms with Crippen LogP contribution in [0, 0.1) is 0 Å². The van der Waals surface area contributed by atoms with E-state index in [2.05, 4.69) is 17.2 Å². The maximum absolute atomic E-state index is 11.2. The Hall–Kier alpha value is -0.870. The van der Waals surface area contributed by atoms with Gasteiger partial charge in [-0.3, -0.25) is 15.4 Å². The fraction of sp³-hybridized carbons (Fsp3) is 0.571. The number of nitrogens with zero attached hydrogens (tertiary/aromatic N) is 1. The molecule has 1 heterocycles. The number of carbonyl (C=O) groups is 1. The molecule has 0 aromatic carbocycles. The highest BCUT2D eigenvalue weighted by molar-refractivity contribution is 5.92. The van der Waals surface area contributed by atoms with Crippen LogP contribution < -0.4 is 10.6 Å². The highest BCUT2D eigenvalue weighted by atomic mass is 16.2. The van der Waals surface area contributed by atoms with Crippen LogP contribution in [0.2, 0.25) is 0 Å². The Morgan fingerprint density at radius 3 is 2.45 bits per heavy atom. The first-order chi connectivity index (χ1) is 5.22. The first kappa shape index (κ1) is 8.23. The summed E-state index contributed by atoms with van der Waals surface area (Å²) in [5.41, 5.74) is 0.579. The Balaban J connectivity index is 2.45. The number of rotatable bonds is 1. The lowest BCUT2D eigenvalue weighted by Gasteiger charge is -2.28. The fourth-order valence-electron chi connectivity index (χ4n) is 0.940. The molecular formula is C7H13N3O. The van der Waals surface area contributed by atoms with Gasteiger partial charge in [0, 0.05) is 12.2 Å². The van der Waals surface area contributed by atoms with Crippen LogP contribution >= 0.6 is 0 Å². The first-order valence-corrected chi connectivity index (χ1v) is 3.58. The van der Waals surface area contributed by atoms with Gasteiger partial charge in [-0.25, -0.2) is 0 Å². The van der Waals surface area contributed by atoms with Gasteiger partial charge in [0.2, 0.25) is 0 Å². The normalized spacial score (nSPS) is 18.1. The van der Waals surface area contributed by atoms with Gasteiger partial charge in [-0.2, -0.15) is 0 Å². The van der Waals surface area contributed by atoms with Gasteiger partial charge in [0.15, 0.2) is 0 Å². The lowest BCUT2D eigenvalue weighted by atomic mass is 10.3. The van der Waals surface area contributed by atoms with E-state index in [0.29, 0.717) is 18.9 Å². The second kappa shape index (κ2) is 3.50. The van der Waals surface area contributed by atoms with Gasteiger partial charge in [-0.15, -0.1) is 0 Å². The molecule has 11 heavy (non-hydrogen) atoms. The molecule has 62 valence electrons. The van der Waals surface area contributed by atoms with Gasteiger partial charge in [0.05, 0.1) is 13.3 Å². The first-order valence-electron chi connectivity index (χ1n) is 3.58.